The van der Waals surface area contributed by atoms with Crippen molar-refractivity contribution in [3.8, 4) is 56.2 Å². The number of aromatic nitrogens is 4. The summed E-state index contributed by atoms with van der Waals surface area (Å²) < 4.78 is 51.8. The van der Waals surface area contributed by atoms with E-state index in [0.717, 1.165) is 88.1 Å². The van der Waals surface area contributed by atoms with Crippen LogP contribution in [0.4, 0.5) is 0 Å². The van der Waals surface area contributed by atoms with Crippen LogP contribution in [0, 0.1) is 55.4 Å². The van der Waals surface area contributed by atoms with E-state index in [9.17, 15) is 0 Å². The average Bonchev–Trinajstić information content (AvgIpc) is 1.55. The Kier molecular flexibility index (Phi) is 22.4. The third-order valence-electron chi connectivity index (χ3n) is 29.2. The molecule has 6 heterocycles. The second-order valence-electron chi connectivity index (χ2n) is 39.1. The third kappa shape index (κ3) is 16.3. The van der Waals surface area contributed by atoms with Crippen molar-refractivity contribution < 1.29 is 28.2 Å². The van der Waals surface area contributed by atoms with Crippen molar-refractivity contribution in [1.29, 1.82) is 0 Å². The van der Waals surface area contributed by atoms with Gasteiger partial charge in [-0.1, -0.05) is 338 Å². The zero-order valence-corrected chi connectivity index (χ0v) is 84.9. The highest BCUT2D eigenvalue weighted by atomic mass is 32.1. The van der Waals surface area contributed by atoms with E-state index in [4.69, 9.17) is 9.90 Å². The average molecular weight is 1800 g/mol. The molecule has 20 aromatic rings. The maximum absolute atomic E-state index is 9.12. The number of pyridine rings is 4. The van der Waals surface area contributed by atoms with Gasteiger partial charge in [0.25, 0.3) is 0 Å². The lowest BCUT2D eigenvalue weighted by molar-refractivity contribution is -0.665. The number of furan rings is 1. The molecule has 0 N–H and O–H groups in total. The maximum Gasteiger partial charge on any atom is 0.220 e. The number of nitrogens with zero attached hydrogens (tertiary/aromatic N) is 4. The highest BCUT2D eigenvalue weighted by molar-refractivity contribution is 7.17. The molecule has 6 aromatic heterocycles. The first-order chi connectivity index (χ1) is 64.4. The molecule has 0 saturated carbocycles. The van der Waals surface area contributed by atoms with E-state index >= 15 is 0 Å². The predicted octanol–water partition coefficient (Wildman–Crippen LogP) is 24.5. The van der Waals surface area contributed by atoms with Crippen LogP contribution in [-0.4, -0.2) is 32.3 Å². The fourth-order valence-electron chi connectivity index (χ4n) is 20.3. The number of fused-ring (bicyclic) bond motifs is 10. The first-order valence-corrected chi connectivity index (χ1v) is 58.9. The van der Waals surface area contributed by atoms with Crippen LogP contribution in [0.2, 0.25) is 52.4 Å². The first-order valence-electron chi connectivity index (χ1n) is 48.1. The molecule has 1 aliphatic rings. The van der Waals surface area contributed by atoms with E-state index in [0.29, 0.717) is 24.2 Å². The molecule has 0 fully saturated rings. The fourth-order valence-corrected chi connectivity index (χ4v) is 30.6. The Morgan fingerprint density at radius 3 is 0.985 bits per heavy atom. The zero-order chi connectivity index (χ0) is 95.6. The Hall–Kier alpha value is -12.7. The second-order valence-corrected chi connectivity index (χ2v) is 57.7. The molecular weight excluding hydrogens is 1670 g/mol. The molecule has 650 valence electrons. The number of hydrogen-bond donors (Lipinski definition) is 0. The summed E-state index contributed by atoms with van der Waals surface area (Å²) in [5.41, 5.74) is 24.9. The molecule has 0 bridgehead atoms. The fraction of sp³-hybridized carbons (Fsp3) is 0.190. The summed E-state index contributed by atoms with van der Waals surface area (Å²) in [5, 5.41) is 26.9. The maximum atomic E-state index is 9.12. The molecule has 14 aromatic carbocycles. The van der Waals surface area contributed by atoms with Crippen molar-refractivity contribution in [2.24, 2.45) is 28.2 Å². The van der Waals surface area contributed by atoms with Gasteiger partial charge in [0.05, 0.1) is 55.5 Å². The van der Waals surface area contributed by atoms with Gasteiger partial charge in [-0.25, -0.2) is 0 Å². The number of aryl methyl sites for hydroxylation is 4. The van der Waals surface area contributed by atoms with Crippen LogP contribution in [0.1, 0.15) is 75.5 Å². The Labute approximate surface area is 789 Å². The number of hydrogen-bond acceptors (Lipinski definition) is 2. The van der Waals surface area contributed by atoms with Gasteiger partial charge >= 0.3 is 0 Å². The second kappa shape index (κ2) is 34.9. The molecule has 0 aliphatic heterocycles. The molecule has 21 rings (SSSR count). The number of thiophene rings is 1. The van der Waals surface area contributed by atoms with Crippen molar-refractivity contribution >= 4 is 160 Å². The van der Waals surface area contributed by atoms with E-state index in [2.05, 4.69) is 464 Å². The summed E-state index contributed by atoms with van der Waals surface area (Å²) in [7, 11) is 0.890. The molecule has 0 amide bonds. The van der Waals surface area contributed by atoms with E-state index in [-0.39, 0.29) is 5.41 Å². The van der Waals surface area contributed by atoms with Crippen molar-refractivity contribution in [2.45, 2.75) is 127 Å². The lowest BCUT2D eigenvalue weighted by Gasteiger charge is -2.24. The third-order valence-corrected chi connectivity index (χ3v) is 44.2. The molecule has 1 aliphatic carbocycles. The molecule has 131 heavy (non-hydrogen) atoms. The first kappa shape index (κ1) is 83.9. The highest BCUT2D eigenvalue weighted by Crippen LogP contribution is 2.51. The summed E-state index contributed by atoms with van der Waals surface area (Å²) in [5.74, 6) is 0. The van der Waals surface area contributed by atoms with Crippen molar-refractivity contribution in [2.75, 3.05) is 0 Å². The summed E-state index contributed by atoms with van der Waals surface area (Å²) >= 11 is 1.79. The highest BCUT2D eigenvalue weighted by Gasteiger charge is 2.39. The Morgan fingerprint density at radius 2 is 0.588 bits per heavy atom. The van der Waals surface area contributed by atoms with Gasteiger partial charge in [-0.15, -0.1) is 11.3 Å². The molecule has 0 atom stereocenters. The van der Waals surface area contributed by atoms with Gasteiger partial charge in [-0.3, -0.25) is 0 Å². The molecule has 0 saturated heterocycles. The van der Waals surface area contributed by atoms with E-state index in [1.165, 1.54) is 141 Å². The van der Waals surface area contributed by atoms with Crippen molar-refractivity contribution in [1.82, 2.24) is 0 Å². The quantitative estimate of drug-likeness (QED) is 0.0885. The van der Waals surface area contributed by atoms with Gasteiger partial charge in [-0.2, -0.15) is 18.3 Å². The van der Waals surface area contributed by atoms with Crippen LogP contribution in [0.3, 0.4) is 0 Å². The largest absolute Gasteiger partial charge is 0.464 e. The zero-order valence-electron chi connectivity index (χ0n) is 84.1. The van der Waals surface area contributed by atoms with Crippen LogP contribution < -0.4 is 59.8 Å². The normalized spacial score (nSPS) is 13.0. The molecule has 0 radical (unpaired) electrons. The van der Waals surface area contributed by atoms with Crippen LogP contribution in [-0.2, 0) is 33.6 Å². The monoisotopic (exact) mass is 1790 g/mol. The van der Waals surface area contributed by atoms with Gasteiger partial charge in [-0.05, 0) is 188 Å². The lowest BCUT2D eigenvalue weighted by Crippen LogP contribution is -2.52. The van der Waals surface area contributed by atoms with Crippen LogP contribution in [0.5, 0.6) is 0 Å². The van der Waals surface area contributed by atoms with Gasteiger partial charge in [0.2, 0.25) is 22.8 Å². The van der Waals surface area contributed by atoms with Crippen molar-refractivity contribution in [3.63, 3.8) is 0 Å². The Balaban J connectivity index is 0.000000120. The molecule has 10 heteroatoms. The number of rotatable bonds is 12. The van der Waals surface area contributed by atoms with Crippen LogP contribution in [0.25, 0.3) is 131 Å². The van der Waals surface area contributed by atoms with Crippen LogP contribution in [0.15, 0.2) is 344 Å². The van der Waals surface area contributed by atoms with E-state index in [1.807, 2.05) is 13.0 Å². The van der Waals surface area contributed by atoms with E-state index in [1.54, 1.807) is 17.6 Å². The molecule has 0 unspecified atom stereocenters. The van der Waals surface area contributed by atoms with Crippen LogP contribution >= 0.6 is 11.3 Å². The topological polar surface area (TPSA) is 28.7 Å². The van der Waals surface area contributed by atoms with E-state index < -0.39 is 32.3 Å². The summed E-state index contributed by atoms with van der Waals surface area (Å²) in [4.78, 5) is 0. The minimum atomic E-state index is -1.89. The van der Waals surface area contributed by atoms with Gasteiger partial charge < -0.3 is 4.42 Å². The molecule has 0 spiro atoms. The predicted molar refractivity (Wildman–Crippen MR) is 573 cm³/mol. The van der Waals surface area contributed by atoms with Gasteiger partial charge in [0.1, 0.15) is 66.1 Å². The van der Waals surface area contributed by atoms with Gasteiger partial charge in [0, 0.05) is 67.4 Å². The Morgan fingerprint density at radius 1 is 0.267 bits per heavy atom. The summed E-state index contributed by atoms with van der Waals surface area (Å²) in [6, 6.07) is 113. The van der Waals surface area contributed by atoms with Gasteiger partial charge in [0.15, 0.2) is 22.8 Å². The summed E-state index contributed by atoms with van der Waals surface area (Å²) in [6.07, 6.45) is 1.74. The SMILES string of the molecule is [2H]c1c(C)[n+](C)c(-c2cc3c(cc2C)-c2ccccc2C3(C)C)c2ccc([Si](C)(C)c3ccccc3)cc12.[2H]c1c(C)[n+](C)c(-c2cc3ccccc3cc2C)c2ccc([Si](C)(C)c3ccccc3)cc12.[2H]c1c(C)[n+](C)c(-c2cc3occc3cc2C)c2ccc([Si](C)(C)c3ccccc3)cc12.[2H]c1c(C)[n+](C)c(-c2cc3sccc3cc2C)c2ccc([Si](C)(C)c3ccccc3)cc12. The summed E-state index contributed by atoms with van der Waals surface area (Å²) in [6.45, 7) is 40.9. The lowest BCUT2D eigenvalue weighted by atomic mass is 9.81. The number of benzene rings is 14. The minimum absolute atomic E-state index is 0.0500. The smallest absolute Gasteiger partial charge is 0.220 e. The molecule has 5 nitrogen and oxygen atoms in total. The standard InChI is InChI=1S/C35H36NSi.C30H30NSi.C28H28NOSi.C28H28NSSi/c1-23-19-31-29-15-11-12-16-32(29)35(3,4)33(31)22-30(23)34-28-18-17-27(21-25(28)20-24(2)36(34)5)37(6,7)26-13-9-8-10-14-26;1-21-17-23-11-9-10-12-24(23)20-29(21)30-28-16-15-27(19-25(28)18-22(2)31(30)3)32(4,5)26-13-7-6-8-14-26;2*1-19-15-21-13-14-30-27(21)18-26(19)28-25-12-11-24(17-22(25)16-20(2)29(28)3)31(4,5)23-9-7-6-8-10-23/h8-22H,1-7H3;6-20H,1-5H3;2*6-18H,1-5H3/q4*+1/i20D;18D;2*16D. The molecular formula is C121H122N4OSSi4+4. The van der Waals surface area contributed by atoms with Crippen molar-refractivity contribution in [3.05, 3.63) is 395 Å². The minimum Gasteiger partial charge on any atom is -0.464 e. The Bertz CT molecular complexity index is 7920.